The van der Waals surface area contributed by atoms with Crippen LogP contribution in [0, 0.1) is 0 Å². The van der Waals surface area contributed by atoms with E-state index in [-0.39, 0.29) is 16.9 Å². The largest absolute Gasteiger partial charge is 0.468 e. The number of hydrogen-bond acceptors (Lipinski definition) is 5. The van der Waals surface area contributed by atoms with Gasteiger partial charge in [0.05, 0.1) is 17.4 Å². The predicted molar refractivity (Wildman–Crippen MR) is 82.8 cm³/mol. The first kappa shape index (κ1) is 16.9. The molecule has 0 aliphatic heterocycles. The van der Waals surface area contributed by atoms with E-state index in [0.717, 1.165) is 18.4 Å². The Labute approximate surface area is 131 Å². The van der Waals surface area contributed by atoms with Gasteiger partial charge in [0.2, 0.25) is 10.0 Å². The summed E-state index contributed by atoms with van der Waals surface area (Å²) < 4.78 is 31.6. The highest BCUT2D eigenvalue weighted by Gasteiger charge is 2.52. The number of sulfonamides is 1. The second kappa shape index (κ2) is 6.36. The summed E-state index contributed by atoms with van der Waals surface area (Å²) in [6, 6.07) is 6.35. The summed E-state index contributed by atoms with van der Waals surface area (Å²) in [5.41, 5.74) is 5.81. The third-order valence-corrected chi connectivity index (χ3v) is 5.41. The first-order chi connectivity index (χ1) is 10.3. The van der Waals surface area contributed by atoms with Crippen molar-refractivity contribution in [3.63, 3.8) is 0 Å². The Bertz CT molecular complexity index is 634. The molecule has 0 spiro atoms. The van der Waals surface area contributed by atoms with E-state index in [4.69, 9.17) is 10.5 Å². The lowest BCUT2D eigenvalue weighted by Gasteiger charge is -2.14. The van der Waals surface area contributed by atoms with Crippen molar-refractivity contribution in [3.8, 4) is 0 Å². The van der Waals surface area contributed by atoms with Crippen LogP contribution >= 0.6 is 0 Å². The van der Waals surface area contributed by atoms with E-state index in [2.05, 4.69) is 4.72 Å². The summed E-state index contributed by atoms with van der Waals surface area (Å²) in [6.45, 7) is 2.12. The molecule has 2 rings (SSSR count). The van der Waals surface area contributed by atoms with Gasteiger partial charge in [-0.3, -0.25) is 4.79 Å². The number of rotatable bonds is 7. The van der Waals surface area contributed by atoms with E-state index in [1.54, 1.807) is 12.1 Å². The Morgan fingerprint density at radius 1 is 1.36 bits per heavy atom. The number of benzene rings is 1. The van der Waals surface area contributed by atoms with E-state index in [9.17, 15) is 13.2 Å². The fourth-order valence-electron chi connectivity index (χ4n) is 2.39. The van der Waals surface area contributed by atoms with Crippen LogP contribution in [0.5, 0.6) is 0 Å². The Morgan fingerprint density at radius 3 is 2.41 bits per heavy atom. The van der Waals surface area contributed by atoms with Gasteiger partial charge in [-0.05, 0) is 43.9 Å². The molecule has 1 aromatic carbocycles. The van der Waals surface area contributed by atoms with Crippen molar-refractivity contribution in [1.29, 1.82) is 0 Å². The van der Waals surface area contributed by atoms with Crippen molar-refractivity contribution in [2.24, 2.45) is 5.73 Å². The summed E-state index contributed by atoms with van der Waals surface area (Å²) in [4.78, 5) is 12.0. The van der Waals surface area contributed by atoms with Gasteiger partial charge in [0.25, 0.3) is 0 Å². The van der Waals surface area contributed by atoms with Crippen LogP contribution in [0.2, 0.25) is 0 Å². The smallest absolute Gasteiger partial charge is 0.316 e. The van der Waals surface area contributed by atoms with Crippen LogP contribution < -0.4 is 10.5 Å². The monoisotopic (exact) mass is 326 g/mol. The van der Waals surface area contributed by atoms with Crippen molar-refractivity contribution in [2.45, 2.75) is 42.5 Å². The lowest BCUT2D eigenvalue weighted by atomic mass is 9.96. The van der Waals surface area contributed by atoms with Crippen LogP contribution in [0.1, 0.15) is 31.7 Å². The van der Waals surface area contributed by atoms with Gasteiger partial charge in [0, 0.05) is 12.6 Å². The van der Waals surface area contributed by atoms with E-state index in [0.29, 0.717) is 13.0 Å². The van der Waals surface area contributed by atoms with Gasteiger partial charge >= 0.3 is 5.97 Å². The zero-order chi connectivity index (χ0) is 16.4. The van der Waals surface area contributed by atoms with Gasteiger partial charge in [0.1, 0.15) is 0 Å². The van der Waals surface area contributed by atoms with E-state index >= 15 is 0 Å². The average molecular weight is 326 g/mol. The fourth-order valence-corrected chi connectivity index (χ4v) is 3.44. The number of nitrogens with one attached hydrogen (secondary N) is 1. The molecule has 0 bridgehead atoms. The van der Waals surface area contributed by atoms with Crippen molar-refractivity contribution < 1.29 is 17.9 Å². The number of ether oxygens (including phenoxy) is 1. The highest BCUT2D eigenvalue weighted by atomic mass is 32.2. The Balaban J connectivity index is 2.10. The summed E-state index contributed by atoms with van der Waals surface area (Å²) >= 11 is 0. The maximum Gasteiger partial charge on any atom is 0.316 e. The minimum atomic E-state index is -3.55. The van der Waals surface area contributed by atoms with Gasteiger partial charge in [-0.25, -0.2) is 13.1 Å². The minimum absolute atomic E-state index is 0.0557. The molecule has 1 aliphatic carbocycles. The first-order valence-electron chi connectivity index (χ1n) is 7.26. The van der Waals surface area contributed by atoms with Crippen molar-refractivity contribution in [2.75, 3.05) is 13.7 Å². The average Bonchev–Trinajstić information content (AvgIpc) is 3.27. The summed E-state index contributed by atoms with van der Waals surface area (Å²) in [5.74, 6) is -0.266. The molecule has 0 amide bonds. The lowest BCUT2D eigenvalue weighted by Crippen LogP contribution is -2.29. The van der Waals surface area contributed by atoms with Crippen molar-refractivity contribution >= 4 is 16.0 Å². The number of hydrogen-bond donors (Lipinski definition) is 2. The molecule has 6 nitrogen and oxygen atoms in total. The number of methoxy groups -OCH3 is 1. The summed E-state index contributed by atoms with van der Waals surface area (Å²) in [5, 5.41) is 0. The molecule has 1 unspecified atom stereocenters. The molecule has 1 aliphatic rings. The molecule has 0 radical (unpaired) electrons. The topological polar surface area (TPSA) is 98.5 Å². The first-order valence-corrected chi connectivity index (χ1v) is 8.74. The number of carbonyl (C=O) groups excluding carboxylic acids is 1. The molecule has 1 atom stereocenters. The standard InChI is InChI=1S/C15H22N2O4S/c1-11(16)7-10-17-22(19,20)13-5-3-12(4-6-13)15(8-9-15)14(18)21-2/h3-6,11,17H,7-10,16H2,1-2H3. The van der Waals surface area contributed by atoms with Crippen molar-refractivity contribution in [3.05, 3.63) is 29.8 Å². The van der Waals surface area contributed by atoms with Crippen LogP contribution in [0.25, 0.3) is 0 Å². The van der Waals surface area contributed by atoms with Crippen molar-refractivity contribution in [1.82, 2.24) is 4.72 Å². The highest BCUT2D eigenvalue weighted by molar-refractivity contribution is 7.89. The quantitative estimate of drug-likeness (QED) is 0.726. The lowest BCUT2D eigenvalue weighted by molar-refractivity contribution is -0.143. The second-order valence-corrected chi connectivity index (χ2v) is 7.53. The zero-order valence-corrected chi connectivity index (χ0v) is 13.7. The summed E-state index contributed by atoms with van der Waals surface area (Å²) in [6.07, 6.45) is 2.04. The molecule has 7 heteroatoms. The predicted octanol–water partition coefficient (Wildman–Crippen LogP) is 0.907. The van der Waals surface area contributed by atoms with Crippen LogP contribution in [0.3, 0.4) is 0 Å². The molecule has 0 heterocycles. The molecule has 122 valence electrons. The van der Waals surface area contributed by atoms with E-state index < -0.39 is 15.4 Å². The maximum atomic E-state index is 12.1. The molecule has 3 N–H and O–H groups in total. The van der Waals surface area contributed by atoms with Gasteiger partial charge in [0.15, 0.2) is 0 Å². The van der Waals surface area contributed by atoms with Gasteiger partial charge in [-0.15, -0.1) is 0 Å². The maximum absolute atomic E-state index is 12.1. The van der Waals surface area contributed by atoms with Crippen LogP contribution in [0.4, 0.5) is 0 Å². The van der Waals surface area contributed by atoms with Crippen LogP contribution in [-0.2, 0) is 25.0 Å². The zero-order valence-electron chi connectivity index (χ0n) is 12.8. The molecular weight excluding hydrogens is 304 g/mol. The number of carbonyl (C=O) groups is 1. The SMILES string of the molecule is COC(=O)C1(c2ccc(S(=O)(=O)NCCC(C)N)cc2)CC1. The number of nitrogens with two attached hydrogens (primary N) is 1. The molecule has 0 aromatic heterocycles. The van der Waals surface area contributed by atoms with Gasteiger partial charge in [-0.2, -0.15) is 0 Å². The molecule has 1 fully saturated rings. The number of esters is 1. The fraction of sp³-hybridized carbons (Fsp3) is 0.533. The molecular formula is C15H22N2O4S. The molecule has 0 saturated heterocycles. The Morgan fingerprint density at radius 2 is 1.95 bits per heavy atom. The van der Waals surface area contributed by atoms with E-state index in [1.807, 2.05) is 6.92 Å². The van der Waals surface area contributed by atoms with E-state index in [1.165, 1.54) is 19.2 Å². The summed E-state index contributed by atoms with van der Waals surface area (Å²) in [7, 11) is -2.18. The third-order valence-electron chi connectivity index (χ3n) is 3.94. The minimum Gasteiger partial charge on any atom is -0.468 e. The normalized spacial score (nSPS) is 17.8. The molecule has 1 saturated carbocycles. The molecule has 22 heavy (non-hydrogen) atoms. The van der Waals surface area contributed by atoms with Gasteiger partial charge in [-0.1, -0.05) is 12.1 Å². The molecule has 1 aromatic rings. The second-order valence-electron chi connectivity index (χ2n) is 5.76. The highest BCUT2D eigenvalue weighted by Crippen LogP contribution is 2.49. The Hall–Kier alpha value is -1.44. The van der Waals surface area contributed by atoms with Gasteiger partial charge < -0.3 is 10.5 Å². The van der Waals surface area contributed by atoms with Crippen LogP contribution in [0.15, 0.2) is 29.2 Å². The third kappa shape index (κ3) is 3.48. The van der Waals surface area contributed by atoms with Crippen LogP contribution in [-0.4, -0.2) is 34.1 Å². The Kier molecular flexibility index (Phi) is 4.89.